The van der Waals surface area contributed by atoms with Crippen molar-refractivity contribution < 1.29 is 28.7 Å². The van der Waals surface area contributed by atoms with Crippen molar-refractivity contribution in [1.29, 1.82) is 0 Å². The predicted molar refractivity (Wildman–Crippen MR) is 138 cm³/mol. The highest BCUT2D eigenvalue weighted by Crippen LogP contribution is 2.29. The minimum Gasteiger partial charge on any atom is -0.444 e. The van der Waals surface area contributed by atoms with E-state index in [1.165, 1.54) is 7.05 Å². The van der Waals surface area contributed by atoms with Crippen LogP contribution in [0.2, 0.25) is 0 Å². The molecule has 10 nitrogen and oxygen atoms in total. The van der Waals surface area contributed by atoms with E-state index < -0.39 is 29.4 Å². The average Bonchev–Trinajstić information content (AvgIpc) is 3.10. The molecule has 0 saturated carbocycles. The number of imide groups is 1. The number of likely N-dealkylation sites (N-methyl/N-ethyl adjacent to an activating group) is 1. The standard InChI is InChI=1S/C27H38N4O6/c1-27(2,3)37-26(36)30-14-11-18(12-15-30)7-5-13-29-19-9-10-20-21(17-19)25(35)31(24(20)34)22(8-6-16-32)23(33)28-4/h9-10,16-18,22,29H,5-8,11-15H2,1-4H3,(H,28,33). The highest BCUT2D eigenvalue weighted by Gasteiger charge is 2.42. The van der Waals surface area contributed by atoms with E-state index in [2.05, 4.69) is 10.6 Å². The van der Waals surface area contributed by atoms with E-state index in [1.54, 1.807) is 23.1 Å². The maximum absolute atomic E-state index is 13.0. The number of carbonyl (C=O) groups is 5. The molecule has 1 atom stereocenters. The monoisotopic (exact) mass is 514 g/mol. The van der Waals surface area contributed by atoms with Crippen LogP contribution in [0.1, 0.15) is 80.0 Å². The van der Waals surface area contributed by atoms with Crippen LogP contribution in [-0.2, 0) is 14.3 Å². The molecule has 2 N–H and O–H groups in total. The van der Waals surface area contributed by atoms with E-state index in [4.69, 9.17) is 4.74 Å². The Morgan fingerprint density at radius 3 is 2.43 bits per heavy atom. The first-order valence-electron chi connectivity index (χ1n) is 12.9. The Bertz CT molecular complexity index is 1030. The number of benzene rings is 1. The van der Waals surface area contributed by atoms with Gasteiger partial charge < -0.3 is 25.1 Å². The van der Waals surface area contributed by atoms with Crippen LogP contribution in [0.4, 0.5) is 10.5 Å². The Balaban J connectivity index is 1.49. The minimum atomic E-state index is -1.03. The third-order valence-corrected chi connectivity index (χ3v) is 6.72. The van der Waals surface area contributed by atoms with Gasteiger partial charge in [-0.1, -0.05) is 0 Å². The molecule has 1 aromatic rings. The average molecular weight is 515 g/mol. The zero-order valence-electron chi connectivity index (χ0n) is 22.2. The quantitative estimate of drug-likeness (QED) is 0.279. The van der Waals surface area contributed by atoms with Crippen LogP contribution < -0.4 is 10.6 Å². The maximum atomic E-state index is 13.0. The number of nitrogens with zero attached hydrogens (tertiary/aromatic N) is 2. The van der Waals surface area contributed by atoms with Gasteiger partial charge in [0, 0.05) is 38.8 Å². The third-order valence-electron chi connectivity index (χ3n) is 6.72. The number of hydrogen-bond acceptors (Lipinski definition) is 7. The van der Waals surface area contributed by atoms with Crippen molar-refractivity contribution in [3.05, 3.63) is 29.3 Å². The number of nitrogens with one attached hydrogen (secondary N) is 2. The Kier molecular flexibility index (Phi) is 9.29. The fourth-order valence-electron chi connectivity index (χ4n) is 4.78. The zero-order chi connectivity index (χ0) is 27.2. The molecule has 2 heterocycles. The molecule has 1 unspecified atom stereocenters. The van der Waals surface area contributed by atoms with Gasteiger partial charge in [-0.15, -0.1) is 0 Å². The molecule has 1 saturated heterocycles. The number of fused-ring (bicyclic) bond motifs is 1. The van der Waals surface area contributed by atoms with Gasteiger partial charge in [0.15, 0.2) is 0 Å². The van der Waals surface area contributed by atoms with Gasteiger partial charge in [-0.2, -0.15) is 0 Å². The topological polar surface area (TPSA) is 125 Å². The molecule has 0 aromatic heterocycles. The van der Waals surface area contributed by atoms with Gasteiger partial charge in [0.25, 0.3) is 11.8 Å². The Labute approximate surface area is 218 Å². The smallest absolute Gasteiger partial charge is 0.410 e. The molecule has 0 bridgehead atoms. The number of carbonyl (C=O) groups excluding carboxylic acids is 5. The second-order valence-corrected chi connectivity index (χ2v) is 10.6. The summed E-state index contributed by atoms with van der Waals surface area (Å²) in [7, 11) is 1.43. The second-order valence-electron chi connectivity index (χ2n) is 10.6. The molecule has 10 heteroatoms. The van der Waals surface area contributed by atoms with E-state index in [0.717, 1.165) is 36.3 Å². The number of aldehydes is 1. The molecule has 3 rings (SSSR count). The number of hydrogen-bond donors (Lipinski definition) is 2. The predicted octanol–water partition coefficient (Wildman–Crippen LogP) is 3.22. The van der Waals surface area contributed by atoms with Gasteiger partial charge in [-0.3, -0.25) is 19.3 Å². The van der Waals surface area contributed by atoms with E-state index in [9.17, 15) is 24.0 Å². The molecule has 0 aliphatic carbocycles. The van der Waals surface area contributed by atoms with E-state index in [0.29, 0.717) is 31.8 Å². The van der Waals surface area contributed by atoms with Crippen molar-refractivity contribution in [2.75, 3.05) is 32.0 Å². The van der Waals surface area contributed by atoms with E-state index in [-0.39, 0.29) is 30.1 Å². The Morgan fingerprint density at radius 1 is 1.14 bits per heavy atom. The fourth-order valence-corrected chi connectivity index (χ4v) is 4.78. The molecule has 37 heavy (non-hydrogen) atoms. The summed E-state index contributed by atoms with van der Waals surface area (Å²) in [5.41, 5.74) is 0.748. The number of anilines is 1. The van der Waals surface area contributed by atoms with Crippen molar-refractivity contribution in [3.8, 4) is 0 Å². The lowest BCUT2D eigenvalue weighted by molar-refractivity contribution is -0.124. The first-order valence-corrected chi connectivity index (χ1v) is 12.9. The summed E-state index contributed by atoms with van der Waals surface area (Å²) >= 11 is 0. The molecule has 2 aliphatic rings. The SMILES string of the molecule is CNC(=O)C(CCC=O)N1C(=O)c2ccc(NCCCC3CCN(C(=O)OC(C)(C)C)CC3)cc2C1=O. The molecular weight excluding hydrogens is 476 g/mol. The molecule has 0 radical (unpaired) electrons. The van der Waals surface area contributed by atoms with Gasteiger partial charge in [0.2, 0.25) is 5.91 Å². The molecule has 4 amide bonds. The molecule has 0 spiro atoms. The highest BCUT2D eigenvalue weighted by atomic mass is 16.6. The summed E-state index contributed by atoms with van der Waals surface area (Å²) in [6.07, 6.45) is 4.41. The Hall–Kier alpha value is -3.43. The van der Waals surface area contributed by atoms with Gasteiger partial charge in [0.1, 0.15) is 17.9 Å². The van der Waals surface area contributed by atoms with Crippen LogP contribution in [0.25, 0.3) is 0 Å². The van der Waals surface area contributed by atoms with Crippen LogP contribution in [0.3, 0.4) is 0 Å². The van der Waals surface area contributed by atoms with Gasteiger partial charge >= 0.3 is 6.09 Å². The lowest BCUT2D eigenvalue weighted by Crippen LogP contribution is -2.48. The summed E-state index contributed by atoms with van der Waals surface area (Å²) < 4.78 is 5.46. The maximum Gasteiger partial charge on any atom is 0.410 e. The number of amides is 4. The Morgan fingerprint density at radius 2 is 1.81 bits per heavy atom. The fraction of sp³-hybridized carbons (Fsp3) is 0.593. The first kappa shape index (κ1) is 28.1. The third kappa shape index (κ3) is 7.08. The number of rotatable bonds is 10. The van der Waals surface area contributed by atoms with Crippen LogP contribution in [0.15, 0.2) is 18.2 Å². The van der Waals surface area contributed by atoms with E-state index in [1.807, 2.05) is 20.8 Å². The van der Waals surface area contributed by atoms with Gasteiger partial charge in [0.05, 0.1) is 11.1 Å². The van der Waals surface area contributed by atoms with Crippen LogP contribution >= 0.6 is 0 Å². The normalized spacial score (nSPS) is 16.9. The zero-order valence-corrected chi connectivity index (χ0v) is 22.2. The number of piperidine rings is 1. The van der Waals surface area contributed by atoms with Gasteiger partial charge in [-0.05, 0) is 77.0 Å². The highest BCUT2D eigenvalue weighted by molar-refractivity contribution is 6.23. The van der Waals surface area contributed by atoms with Crippen molar-refractivity contribution in [2.24, 2.45) is 5.92 Å². The van der Waals surface area contributed by atoms with Gasteiger partial charge in [-0.25, -0.2) is 4.79 Å². The first-order chi connectivity index (χ1) is 17.6. The molecule has 202 valence electrons. The minimum absolute atomic E-state index is 0.0678. The van der Waals surface area contributed by atoms with Crippen LogP contribution in [-0.4, -0.2) is 78.2 Å². The van der Waals surface area contributed by atoms with Crippen molar-refractivity contribution in [1.82, 2.24) is 15.1 Å². The van der Waals surface area contributed by atoms with Crippen molar-refractivity contribution >= 4 is 35.8 Å². The second kappa shape index (κ2) is 12.2. The molecule has 1 fully saturated rings. The van der Waals surface area contributed by atoms with Crippen molar-refractivity contribution in [3.63, 3.8) is 0 Å². The van der Waals surface area contributed by atoms with Crippen LogP contribution in [0, 0.1) is 5.92 Å². The van der Waals surface area contributed by atoms with Crippen molar-refractivity contribution in [2.45, 2.75) is 70.9 Å². The molecule has 2 aliphatic heterocycles. The van der Waals surface area contributed by atoms with E-state index >= 15 is 0 Å². The largest absolute Gasteiger partial charge is 0.444 e. The summed E-state index contributed by atoms with van der Waals surface area (Å²) in [5, 5.41) is 5.79. The van der Waals surface area contributed by atoms with Crippen LogP contribution in [0.5, 0.6) is 0 Å². The molecule has 1 aromatic carbocycles. The number of ether oxygens (including phenoxy) is 1. The lowest BCUT2D eigenvalue weighted by Gasteiger charge is -2.33. The number of likely N-dealkylation sites (tertiary alicyclic amines) is 1. The summed E-state index contributed by atoms with van der Waals surface area (Å²) in [4.78, 5) is 64.0. The lowest BCUT2D eigenvalue weighted by atomic mass is 9.92. The molecular formula is C27H38N4O6. The summed E-state index contributed by atoms with van der Waals surface area (Å²) in [5.74, 6) is -0.989. The summed E-state index contributed by atoms with van der Waals surface area (Å²) in [6, 6.07) is 3.98. The summed E-state index contributed by atoms with van der Waals surface area (Å²) in [6.45, 7) is 7.72.